The van der Waals surface area contributed by atoms with Gasteiger partial charge in [-0.25, -0.2) is 9.48 Å². The molecule has 0 saturated carbocycles. The van der Waals surface area contributed by atoms with Crippen LogP contribution in [0.1, 0.15) is 41.4 Å². The van der Waals surface area contributed by atoms with E-state index in [0.717, 1.165) is 25.7 Å². The van der Waals surface area contributed by atoms with Gasteiger partial charge < -0.3 is 10.0 Å². The van der Waals surface area contributed by atoms with Gasteiger partial charge in [0.1, 0.15) is 6.54 Å². The molecule has 1 N–H and O–H groups in total. The second kappa shape index (κ2) is 7.46. The molecule has 1 aromatic heterocycles. The van der Waals surface area contributed by atoms with Crippen LogP contribution in [-0.2, 0) is 24.2 Å². The topological polar surface area (TPSA) is 88.3 Å². The molecule has 1 unspecified atom stereocenters. The molecule has 132 valence electrons. The Hall–Kier alpha value is -2.70. The molecule has 0 fully saturated rings. The molecular formula is C18H22N4O3. The van der Waals surface area contributed by atoms with E-state index in [9.17, 15) is 9.59 Å². The highest BCUT2D eigenvalue weighted by molar-refractivity contribution is 5.84. The smallest absolute Gasteiger partial charge is 0.358 e. The fourth-order valence-corrected chi connectivity index (χ4v) is 3.40. The molecule has 0 bridgehead atoms. The lowest BCUT2D eigenvalue weighted by Crippen LogP contribution is -2.45. The molecule has 1 aromatic carbocycles. The van der Waals surface area contributed by atoms with Gasteiger partial charge in [0.2, 0.25) is 5.91 Å². The molecule has 1 atom stereocenters. The molecular weight excluding hydrogens is 320 g/mol. The Kier molecular flexibility index (Phi) is 5.11. The zero-order chi connectivity index (χ0) is 17.8. The molecule has 25 heavy (non-hydrogen) atoms. The van der Waals surface area contributed by atoms with E-state index in [0.29, 0.717) is 6.54 Å². The van der Waals surface area contributed by atoms with Gasteiger partial charge in [-0.3, -0.25) is 4.79 Å². The zero-order valence-corrected chi connectivity index (χ0v) is 14.3. The predicted molar refractivity (Wildman–Crippen MR) is 91.2 cm³/mol. The van der Waals surface area contributed by atoms with Gasteiger partial charge in [-0.05, 0) is 36.8 Å². The normalized spacial score (nSPS) is 16.3. The molecule has 0 radical (unpaired) electrons. The van der Waals surface area contributed by atoms with E-state index >= 15 is 0 Å². The van der Waals surface area contributed by atoms with Crippen LogP contribution in [0.2, 0.25) is 0 Å². The highest BCUT2D eigenvalue weighted by atomic mass is 16.4. The lowest BCUT2D eigenvalue weighted by molar-refractivity contribution is -0.134. The summed E-state index contributed by atoms with van der Waals surface area (Å²) in [7, 11) is 0. The van der Waals surface area contributed by atoms with Crippen molar-refractivity contribution in [1.82, 2.24) is 19.9 Å². The molecule has 1 amide bonds. The quantitative estimate of drug-likeness (QED) is 0.864. The van der Waals surface area contributed by atoms with Crippen LogP contribution in [0.15, 0.2) is 30.5 Å². The van der Waals surface area contributed by atoms with Gasteiger partial charge in [0.25, 0.3) is 0 Å². The number of carbonyl (C=O) groups is 2. The van der Waals surface area contributed by atoms with Crippen molar-refractivity contribution >= 4 is 11.9 Å². The van der Waals surface area contributed by atoms with Crippen molar-refractivity contribution < 1.29 is 14.7 Å². The third kappa shape index (κ3) is 3.87. The third-order valence-electron chi connectivity index (χ3n) is 4.60. The molecule has 1 aliphatic carbocycles. The summed E-state index contributed by atoms with van der Waals surface area (Å²) in [6.45, 7) is 2.75. The molecule has 0 saturated heterocycles. The maximum absolute atomic E-state index is 12.8. The van der Waals surface area contributed by atoms with E-state index in [4.69, 9.17) is 5.11 Å². The van der Waals surface area contributed by atoms with Crippen molar-refractivity contribution in [3.8, 4) is 0 Å². The first-order valence-electron chi connectivity index (χ1n) is 8.58. The Labute approximate surface area is 146 Å². The van der Waals surface area contributed by atoms with E-state index in [1.807, 2.05) is 11.0 Å². The standard InChI is InChI=1S/C18H22N4O3/c1-2-9-22(15-8-7-13-5-3-4-6-14(13)10-15)17(23)12-21-11-16(18(24)25)19-20-21/h3-6,11,15H,2,7-10,12H2,1H3,(H,24,25). The van der Waals surface area contributed by atoms with Gasteiger partial charge in [-0.2, -0.15) is 0 Å². The predicted octanol–water partition coefficient (Wildman–Crippen LogP) is 1.77. The Morgan fingerprint density at radius 2 is 2.08 bits per heavy atom. The monoisotopic (exact) mass is 342 g/mol. The number of benzene rings is 1. The number of hydrogen-bond donors (Lipinski definition) is 1. The second-order valence-electron chi connectivity index (χ2n) is 6.36. The van der Waals surface area contributed by atoms with E-state index in [1.165, 1.54) is 22.0 Å². The van der Waals surface area contributed by atoms with E-state index < -0.39 is 5.97 Å². The van der Waals surface area contributed by atoms with Gasteiger partial charge in [-0.15, -0.1) is 5.10 Å². The first-order valence-corrected chi connectivity index (χ1v) is 8.58. The van der Waals surface area contributed by atoms with E-state index in [1.54, 1.807) is 0 Å². The first-order chi connectivity index (χ1) is 12.1. The number of aromatic nitrogens is 3. The fraction of sp³-hybridized carbons (Fsp3) is 0.444. The van der Waals surface area contributed by atoms with Gasteiger partial charge in [0.15, 0.2) is 5.69 Å². The van der Waals surface area contributed by atoms with Crippen LogP contribution in [0.5, 0.6) is 0 Å². The summed E-state index contributed by atoms with van der Waals surface area (Å²) < 4.78 is 1.30. The Morgan fingerprint density at radius 3 is 2.76 bits per heavy atom. The molecule has 2 aromatic rings. The van der Waals surface area contributed by atoms with Crippen molar-refractivity contribution in [2.45, 2.75) is 45.2 Å². The molecule has 7 nitrogen and oxygen atoms in total. The number of rotatable bonds is 6. The summed E-state index contributed by atoms with van der Waals surface area (Å²) in [4.78, 5) is 25.6. The minimum absolute atomic E-state index is 0.0123. The highest BCUT2D eigenvalue weighted by Crippen LogP contribution is 2.25. The van der Waals surface area contributed by atoms with Crippen LogP contribution in [0.4, 0.5) is 0 Å². The summed E-state index contributed by atoms with van der Waals surface area (Å²) in [6.07, 6.45) is 4.95. The molecule has 7 heteroatoms. The van der Waals surface area contributed by atoms with Gasteiger partial charge in [0, 0.05) is 12.6 Å². The Balaban J connectivity index is 1.72. The molecule has 0 aliphatic heterocycles. The lowest BCUT2D eigenvalue weighted by Gasteiger charge is -2.35. The number of aryl methyl sites for hydroxylation is 1. The average Bonchev–Trinajstić information content (AvgIpc) is 3.08. The van der Waals surface area contributed by atoms with Crippen LogP contribution in [0.3, 0.4) is 0 Å². The van der Waals surface area contributed by atoms with Crippen LogP contribution >= 0.6 is 0 Å². The van der Waals surface area contributed by atoms with Crippen molar-refractivity contribution in [2.24, 2.45) is 0 Å². The molecule has 1 aliphatic rings. The van der Waals surface area contributed by atoms with Gasteiger partial charge >= 0.3 is 5.97 Å². The summed E-state index contributed by atoms with van der Waals surface area (Å²) in [5.74, 6) is -1.19. The SMILES string of the molecule is CCCN(C(=O)Cn1cc(C(=O)O)nn1)C1CCc2ccccc2C1. The Bertz CT molecular complexity index is 771. The first kappa shape index (κ1) is 17.1. The molecule has 3 rings (SSSR count). The maximum atomic E-state index is 12.8. The van der Waals surface area contributed by atoms with Crippen molar-refractivity contribution in [3.05, 3.63) is 47.3 Å². The van der Waals surface area contributed by atoms with Crippen molar-refractivity contribution in [1.29, 1.82) is 0 Å². The number of carboxylic acid groups (broad SMARTS) is 1. The van der Waals surface area contributed by atoms with Crippen LogP contribution in [0, 0.1) is 0 Å². The number of carboxylic acids is 1. The minimum atomic E-state index is -1.15. The number of aromatic carboxylic acids is 1. The Morgan fingerprint density at radius 1 is 1.32 bits per heavy atom. The summed E-state index contributed by atoms with van der Waals surface area (Å²) in [6, 6.07) is 8.55. The summed E-state index contributed by atoms with van der Waals surface area (Å²) in [5.41, 5.74) is 2.52. The lowest BCUT2D eigenvalue weighted by atomic mass is 9.87. The fourth-order valence-electron chi connectivity index (χ4n) is 3.40. The van der Waals surface area contributed by atoms with E-state index in [-0.39, 0.29) is 24.2 Å². The number of nitrogens with zero attached hydrogens (tertiary/aromatic N) is 4. The maximum Gasteiger partial charge on any atom is 0.358 e. The zero-order valence-electron chi connectivity index (χ0n) is 14.3. The van der Waals surface area contributed by atoms with Crippen LogP contribution in [0.25, 0.3) is 0 Å². The number of hydrogen-bond acceptors (Lipinski definition) is 4. The van der Waals surface area contributed by atoms with Crippen molar-refractivity contribution in [3.63, 3.8) is 0 Å². The number of amides is 1. The van der Waals surface area contributed by atoms with Crippen LogP contribution < -0.4 is 0 Å². The molecule has 0 spiro atoms. The second-order valence-corrected chi connectivity index (χ2v) is 6.36. The largest absolute Gasteiger partial charge is 0.476 e. The average molecular weight is 342 g/mol. The summed E-state index contributed by atoms with van der Waals surface area (Å²) >= 11 is 0. The van der Waals surface area contributed by atoms with Crippen LogP contribution in [-0.4, -0.2) is 49.5 Å². The van der Waals surface area contributed by atoms with Gasteiger partial charge in [-0.1, -0.05) is 36.4 Å². The third-order valence-corrected chi connectivity index (χ3v) is 4.60. The molecule has 1 heterocycles. The number of fused-ring (bicyclic) bond motifs is 1. The van der Waals surface area contributed by atoms with Gasteiger partial charge in [0.05, 0.1) is 6.20 Å². The summed E-state index contributed by atoms with van der Waals surface area (Å²) in [5, 5.41) is 16.2. The van der Waals surface area contributed by atoms with Crippen molar-refractivity contribution in [2.75, 3.05) is 6.54 Å². The minimum Gasteiger partial charge on any atom is -0.476 e. The van der Waals surface area contributed by atoms with E-state index in [2.05, 4.69) is 35.4 Å². The highest BCUT2D eigenvalue weighted by Gasteiger charge is 2.27. The number of carbonyl (C=O) groups excluding carboxylic acids is 1.